The number of halogens is 1. The summed E-state index contributed by atoms with van der Waals surface area (Å²) in [6.07, 6.45) is 2.29. The molecule has 1 aromatic rings. The van der Waals surface area contributed by atoms with Gasteiger partial charge in [-0.05, 0) is 13.1 Å². The fourth-order valence-electron chi connectivity index (χ4n) is 0.895. The third-order valence-corrected chi connectivity index (χ3v) is 1.81. The normalized spacial score (nSPS) is 9.29. The SMILES string of the molecule is CNCCC#Cc1cc(Cl)cnc1N. The number of hydrogen-bond donors (Lipinski definition) is 2. The molecule has 0 aromatic carbocycles. The van der Waals surface area contributed by atoms with Crippen LogP contribution in [0.15, 0.2) is 12.3 Å². The van der Waals surface area contributed by atoms with Crippen LogP contribution in [-0.4, -0.2) is 18.6 Å². The molecule has 1 rings (SSSR count). The third-order valence-electron chi connectivity index (χ3n) is 1.61. The third kappa shape index (κ3) is 3.25. The van der Waals surface area contributed by atoms with Crippen LogP contribution in [0.1, 0.15) is 12.0 Å². The highest BCUT2D eigenvalue weighted by molar-refractivity contribution is 6.30. The monoisotopic (exact) mass is 209 g/mol. The Morgan fingerprint density at radius 2 is 2.43 bits per heavy atom. The Labute approximate surface area is 88.7 Å². The zero-order valence-electron chi connectivity index (χ0n) is 7.97. The summed E-state index contributed by atoms with van der Waals surface area (Å²) in [5.74, 6) is 6.33. The van der Waals surface area contributed by atoms with E-state index in [-0.39, 0.29) is 0 Å². The lowest BCUT2D eigenvalue weighted by Crippen LogP contribution is -2.05. The topological polar surface area (TPSA) is 50.9 Å². The molecule has 0 spiro atoms. The number of hydrogen-bond acceptors (Lipinski definition) is 3. The summed E-state index contributed by atoms with van der Waals surface area (Å²) in [5.41, 5.74) is 6.30. The largest absolute Gasteiger partial charge is 0.383 e. The van der Waals surface area contributed by atoms with Crippen molar-refractivity contribution in [1.82, 2.24) is 10.3 Å². The van der Waals surface area contributed by atoms with Gasteiger partial charge in [-0.1, -0.05) is 23.4 Å². The second-order valence-corrected chi connectivity index (χ2v) is 3.18. The average molecular weight is 210 g/mol. The first-order valence-electron chi connectivity index (χ1n) is 4.28. The molecule has 3 nitrogen and oxygen atoms in total. The van der Waals surface area contributed by atoms with Gasteiger partial charge in [0.2, 0.25) is 0 Å². The van der Waals surface area contributed by atoms with Crippen LogP contribution in [0, 0.1) is 11.8 Å². The van der Waals surface area contributed by atoms with Crippen molar-refractivity contribution in [1.29, 1.82) is 0 Å². The van der Waals surface area contributed by atoms with Crippen molar-refractivity contribution >= 4 is 17.4 Å². The van der Waals surface area contributed by atoms with E-state index in [0.29, 0.717) is 16.4 Å². The van der Waals surface area contributed by atoms with Crippen LogP contribution in [0.25, 0.3) is 0 Å². The Morgan fingerprint density at radius 1 is 1.64 bits per heavy atom. The van der Waals surface area contributed by atoms with Gasteiger partial charge in [0.05, 0.1) is 10.6 Å². The molecule has 0 saturated carbocycles. The molecule has 0 atom stereocenters. The van der Waals surface area contributed by atoms with Gasteiger partial charge < -0.3 is 11.1 Å². The van der Waals surface area contributed by atoms with Gasteiger partial charge in [-0.15, -0.1) is 0 Å². The molecule has 1 heterocycles. The summed E-state index contributed by atoms with van der Waals surface area (Å²) < 4.78 is 0. The highest BCUT2D eigenvalue weighted by Gasteiger charge is 1.96. The van der Waals surface area contributed by atoms with Crippen molar-refractivity contribution in [2.45, 2.75) is 6.42 Å². The van der Waals surface area contributed by atoms with E-state index >= 15 is 0 Å². The minimum Gasteiger partial charge on any atom is -0.383 e. The molecule has 0 unspecified atom stereocenters. The number of nitrogens with two attached hydrogens (primary N) is 1. The van der Waals surface area contributed by atoms with Gasteiger partial charge in [0.15, 0.2) is 0 Å². The molecule has 0 saturated heterocycles. The van der Waals surface area contributed by atoms with Crippen LogP contribution in [0.5, 0.6) is 0 Å². The number of nitrogens with zero attached hydrogens (tertiary/aromatic N) is 1. The van der Waals surface area contributed by atoms with Crippen molar-refractivity contribution in [3.63, 3.8) is 0 Å². The number of nitrogens with one attached hydrogen (secondary N) is 1. The van der Waals surface area contributed by atoms with Crippen molar-refractivity contribution in [2.75, 3.05) is 19.3 Å². The van der Waals surface area contributed by atoms with Crippen molar-refractivity contribution in [3.8, 4) is 11.8 Å². The van der Waals surface area contributed by atoms with E-state index < -0.39 is 0 Å². The first kappa shape index (κ1) is 10.8. The van der Waals surface area contributed by atoms with Crippen molar-refractivity contribution < 1.29 is 0 Å². The number of nitrogen functional groups attached to an aromatic ring is 1. The molecular formula is C10H12ClN3. The standard InChI is InChI=1S/C10H12ClN3/c1-13-5-3-2-4-8-6-9(11)7-14-10(8)12/h6-7,13H,3,5H2,1H3,(H2,12,14). The van der Waals surface area contributed by atoms with E-state index in [9.17, 15) is 0 Å². The van der Waals surface area contributed by atoms with Crippen molar-refractivity contribution in [2.24, 2.45) is 0 Å². The summed E-state index contributed by atoms with van der Waals surface area (Å²) in [6, 6.07) is 1.72. The average Bonchev–Trinajstić information content (AvgIpc) is 2.18. The molecule has 0 radical (unpaired) electrons. The lowest BCUT2D eigenvalue weighted by Gasteiger charge is -1.96. The summed E-state index contributed by atoms with van der Waals surface area (Å²) >= 11 is 5.76. The van der Waals surface area contributed by atoms with Gasteiger partial charge in [0, 0.05) is 19.2 Å². The van der Waals surface area contributed by atoms with Gasteiger partial charge in [-0.3, -0.25) is 0 Å². The molecule has 14 heavy (non-hydrogen) atoms. The molecule has 0 aliphatic carbocycles. The van der Waals surface area contributed by atoms with E-state index in [1.165, 1.54) is 6.20 Å². The molecule has 0 bridgehead atoms. The maximum atomic E-state index is 5.76. The lowest BCUT2D eigenvalue weighted by molar-refractivity contribution is 0.818. The lowest BCUT2D eigenvalue weighted by atomic mass is 10.2. The Hall–Kier alpha value is -1.24. The predicted octanol–water partition coefficient (Wildman–Crippen LogP) is 1.28. The van der Waals surface area contributed by atoms with Crippen molar-refractivity contribution in [3.05, 3.63) is 22.8 Å². The molecule has 0 amide bonds. The highest BCUT2D eigenvalue weighted by atomic mass is 35.5. The summed E-state index contributed by atoms with van der Waals surface area (Å²) in [4.78, 5) is 3.91. The van der Waals surface area contributed by atoms with Crippen LogP contribution >= 0.6 is 11.6 Å². The van der Waals surface area contributed by atoms with Crippen LogP contribution < -0.4 is 11.1 Å². The second-order valence-electron chi connectivity index (χ2n) is 2.74. The van der Waals surface area contributed by atoms with Gasteiger partial charge >= 0.3 is 0 Å². The summed E-state index contributed by atoms with van der Waals surface area (Å²) in [6.45, 7) is 0.862. The fraction of sp³-hybridized carbons (Fsp3) is 0.300. The molecule has 0 fully saturated rings. The van der Waals surface area contributed by atoms with Crippen LogP contribution in [0.3, 0.4) is 0 Å². The second kappa shape index (κ2) is 5.48. The van der Waals surface area contributed by atoms with Crippen LogP contribution in [-0.2, 0) is 0 Å². The van der Waals surface area contributed by atoms with E-state index in [1.807, 2.05) is 7.05 Å². The minimum atomic E-state index is 0.423. The zero-order valence-corrected chi connectivity index (χ0v) is 8.73. The minimum absolute atomic E-state index is 0.423. The molecule has 74 valence electrons. The number of pyridine rings is 1. The number of anilines is 1. The summed E-state index contributed by atoms with van der Waals surface area (Å²) in [7, 11) is 1.89. The van der Waals surface area contributed by atoms with Gasteiger partial charge in [-0.2, -0.15) is 0 Å². The molecule has 0 aliphatic heterocycles. The molecule has 4 heteroatoms. The maximum absolute atomic E-state index is 5.76. The van der Waals surface area contributed by atoms with Crippen LogP contribution in [0.2, 0.25) is 5.02 Å². The van der Waals surface area contributed by atoms with E-state index in [0.717, 1.165) is 13.0 Å². The first-order chi connectivity index (χ1) is 6.74. The van der Waals surface area contributed by atoms with E-state index in [4.69, 9.17) is 17.3 Å². The fourth-order valence-corrected chi connectivity index (χ4v) is 1.05. The van der Waals surface area contributed by atoms with E-state index in [2.05, 4.69) is 22.1 Å². The number of aromatic nitrogens is 1. The quantitative estimate of drug-likeness (QED) is 0.570. The van der Waals surface area contributed by atoms with Crippen LogP contribution in [0.4, 0.5) is 5.82 Å². The molecular weight excluding hydrogens is 198 g/mol. The van der Waals surface area contributed by atoms with Gasteiger partial charge in [0.25, 0.3) is 0 Å². The van der Waals surface area contributed by atoms with Gasteiger partial charge in [0.1, 0.15) is 5.82 Å². The molecule has 0 aliphatic rings. The Morgan fingerprint density at radius 3 is 3.14 bits per heavy atom. The maximum Gasteiger partial charge on any atom is 0.139 e. The first-order valence-corrected chi connectivity index (χ1v) is 4.66. The van der Waals surface area contributed by atoms with E-state index in [1.54, 1.807) is 6.07 Å². The Balaban J connectivity index is 2.73. The summed E-state index contributed by atoms with van der Waals surface area (Å²) in [5, 5.41) is 3.56. The Bertz CT molecular complexity index is 365. The van der Waals surface area contributed by atoms with Gasteiger partial charge in [-0.25, -0.2) is 4.98 Å². The number of rotatable bonds is 2. The zero-order chi connectivity index (χ0) is 10.4. The highest BCUT2D eigenvalue weighted by Crippen LogP contribution is 2.13. The molecule has 3 N–H and O–H groups in total. The predicted molar refractivity (Wildman–Crippen MR) is 59.1 cm³/mol. The molecule has 1 aromatic heterocycles. The smallest absolute Gasteiger partial charge is 0.139 e. The Kier molecular flexibility index (Phi) is 4.24.